The SMILES string of the molecule is COc1ccc(OCCNC(=O)c2cc(-c3ccco3)[nH]c(=O)n2)cc1. The van der Waals surface area contributed by atoms with Gasteiger partial charge in [0.15, 0.2) is 0 Å². The van der Waals surface area contributed by atoms with Crippen LogP contribution in [-0.4, -0.2) is 36.1 Å². The van der Waals surface area contributed by atoms with Gasteiger partial charge in [-0.1, -0.05) is 0 Å². The van der Waals surface area contributed by atoms with Gasteiger partial charge >= 0.3 is 5.69 Å². The number of methoxy groups -OCH3 is 1. The Morgan fingerprint density at radius 2 is 2.00 bits per heavy atom. The Labute approximate surface area is 148 Å². The monoisotopic (exact) mass is 355 g/mol. The molecule has 3 rings (SSSR count). The van der Waals surface area contributed by atoms with E-state index < -0.39 is 11.6 Å². The molecule has 0 saturated carbocycles. The Bertz CT molecular complexity index is 917. The first-order valence-corrected chi connectivity index (χ1v) is 7.86. The van der Waals surface area contributed by atoms with E-state index in [4.69, 9.17) is 13.9 Å². The molecule has 0 bridgehead atoms. The molecular weight excluding hydrogens is 338 g/mol. The van der Waals surface area contributed by atoms with E-state index in [1.807, 2.05) is 0 Å². The van der Waals surface area contributed by atoms with Gasteiger partial charge in [-0.05, 0) is 42.5 Å². The number of nitrogens with zero attached hydrogens (tertiary/aromatic N) is 1. The average Bonchev–Trinajstić information content (AvgIpc) is 3.20. The van der Waals surface area contributed by atoms with Crippen molar-refractivity contribution in [1.29, 1.82) is 0 Å². The van der Waals surface area contributed by atoms with Crippen molar-refractivity contribution in [1.82, 2.24) is 15.3 Å². The van der Waals surface area contributed by atoms with Crippen molar-refractivity contribution in [3.63, 3.8) is 0 Å². The number of nitrogens with one attached hydrogen (secondary N) is 2. The van der Waals surface area contributed by atoms with Gasteiger partial charge in [-0.15, -0.1) is 0 Å². The second-order valence-corrected chi connectivity index (χ2v) is 5.24. The molecule has 3 aromatic rings. The number of rotatable bonds is 7. The Balaban J connectivity index is 1.55. The summed E-state index contributed by atoms with van der Waals surface area (Å²) in [6.45, 7) is 0.529. The molecule has 1 aromatic carbocycles. The number of ether oxygens (including phenoxy) is 2. The molecule has 0 spiro atoms. The maximum Gasteiger partial charge on any atom is 0.346 e. The lowest BCUT2D eigenvalue weighted by molar-refractivity contribution is 0.0941. The van der Waals surface area contributed by atoms with Crippen LogP contribution in [0.4, 0.5) is 0 Å². The van der Waals surface area contributed by atoms with Crippen LogP contribution in [0.2, 0.25) is 0 Å². The molecule has 26 heavy (non-hydrogen) atoms. The molecule has 134 valence electrons. The smallest absolute Gasteiger partial charge is 0.346 e. The highest BCUT2D eigenvalue weighted by molar-refractivity contribution is 5.92. The van der Waals surface area contributed by atoms with Crippen LogP contribution in [0.5, 0.6) is 11.5 Å². The van der Waals surface area contributed by atoms with Crippen LogP contribution in [0.1, 0.15) is 10.5 Å². The van der Waals surface area contributed by atoms with Crippen LogP contribution in [0, 0.1) is 0 Å². The van der Waals surface area contributed by atoms with E-state index in [0.29, 0.717) is 17.2 Å². The summed E-state index contributed by atoms with van der Waals surface area (Å²) in [7, 11) is 1.59. The number of H-pyrrole nitrogens is 1. The summed E-state index contributed by atoms with van der Waals surface area (Å²) >= 11 is 0. The van der Waals surface area contributed by atoms with Crippen molar-refractivity contribution in [2.75, 3.05) is 20.3 Å². The van der Waals surface area contributed by atoms with Gasteiger partial charge < -0.3 is 24.2 Å². The first-order chi connectivity index (χ1) is 12.7. The van der Waals surface area contributed by atoms with E-state index >= 15 is 0 Å². The van der Waals surface area contributed by atoms with Crippen molar-refractivity contribution >= 4 is 5.91 Å². The molecule has 0 saturated heterocycles. The summed E-state index contributed by atoms with van der Waals surface area (Å²) < 4.78 is 15.8. The van der Waals surface area contributed by atoms with Crippen LogP contribution >= 0.6 is 0 Å². The third-order valence-corrected chi connectivity index (χ3v) is 3.48. The van der Waals surface area contributed by atoms with Gasteiger partial charge in [0.2, 0.25) is 0 Å². The number of carbonyl (C=O) groups is 1. The molecule has 8 heteroatoms. The van der Waals surface area contributed by atoms with Gasteiger partial charge in [0.05, 0.1) is 25.6 Å². The Kier molecular flexibility index (Phi) is 5.33. The zero-order chi connectivity index (χ0) is 18.4. The number of hydrogen-bond acceptors (Lipinski definition) is 6. The van der Waals surface area contributed by atoms with Crippen molar-refractivity contribution in [3.05, 3.63) is 64.9 Å². The molecule has 2 N–H and O–H groups in total. The summed E-state index contributed by atoms with van der Waals surface area (Å²) in [5.74, 6) is 1.37. The zero-order valence-electron chi connectivity index (χ0n) is 14.0. The van der Waals surface area contributed by atoms with Crippen molar-refractivity contribution < 1.29 is 18.7 Å². The number of furan rings is 1. The second kappa shape index (κ2) is 8.02. The highest BCUT2D eigenvalue weighted by Gasteiger charge is 2.12. The minimum atomic E-state index is -0.626. The van der Waals surface area contributed by atoms with Crippen molar-refractivity contribution in [2.24, 2.45) is 0 Å². The minimum Gasteiger partial charge on any atom is -0.497 e. The summed E-state index contributed by atoms with van der Waals surface area (Å²) in [6.07, 6.45) is 1.48. The maximum atomic E-state index is 12.2. The minimum absolute atomic E-state index is 0.00426. The first kappa shape index (κ1) is 17.3. The number of hydrogen-bond donors (Lipinski definition) is 2. The number of carbonyl (C=O) groups excluding carboxylic acids is 1. The predicted molar refractivity (Wildman–Crippen MR) is 93.4 cm³/mol. The summed E-state index contributed by atoms with van der Waals surface area (Å²) in [4.78, 5) is 30.0. The predicted octanol–water partition coefficient (Wildman–Crippen LogP) is 1.85. The number of amides is 1. The van der Waals surface area contributed by atoms with Gasteiger partial charge in [0.1, 0.15) is 29.6 Å². The molecule has 0 fully saturated rings. The quantitative estimate of drug-likeness (QED) is 0.627. The van der Waals surface area contributed by atoms with Gasteiger partial charge in [-0.25, -0.2) is 4.79 Å². The Morgan fingerprint density at radius 3 is 2.69 bits per heavy atom. The molecule has 0 unspecified atom stereocenters. The lowest BCUT2D eigenvalue weighted by Crippen LogP contribution is -2.30. The van der Waals surface area contributed by atoms with Crippen molar-refractivity contribution in [3.8, 4) is 23.0 Å². The van der Waals surface area contributed by atoms with E-state index in [0.717, 1.165) is 5.75 Å². The normalized spacial score (nSPS) is 10.3. The van der Waals surface area contributed by atoms with Crippen LogP contribution in [-0.2, 0) is 0 Å². The first-order valence-electron chi connectivity index (χ1n) is 7.86. The van der Waals surface area contributed by atoms with E-state index in [1.54, 1.807) is 43.5 Å². The highest BCUT2D eigenvalue weighted by Crippen LogP contribution is 2.17. The summed E-state index contributed by atoms with van der Waals surface area (Å²) in [5.41, 5.74) is -0.238. The molecule has 8 nitrogen and oxygen atoms in total. The fraction of sp³-hybridized carbons (Fsp3) is 0.167. The molecule has 0 aliphatic heterocycles. The molecule has 0 aliphatic carbocycles. The fourth-order valence-electron chi connectivity index (χ4n) is 2.23. The fourth-order valence-corrected chi connectivity index (χ4v) is 2.23. The van der Waals surface area contributed by atoms with Crippen LogP contribution < -0.4 is 20.5 Å². The number of benzene rings is 1. The maximum absolute atomic E-state index is 12.2. The third-order valence-electron chi connectivity index (χ3n) is 3.48. The molecule has 0 aliphatic rings. The van der Waals surface area contributed by atoms with Gasteiger partial charge in [-0.2, -0.15) is 4.98 Å². The molecule has 1 amide bonds. The van der Waals surface area contributed by atoms with Crippen LogP contribution in [0.3, 0.4) is 0 Å². The van der Waals surface area contributed by atoms with Crippen LogP contribution in [0.25, 0.3) is 11.5 Å². The summed E-state index contributed by atoms with van der Waals surface area (Å²) in [5, 5.41) is 2.66. The van der Waals surface area contributed by atoms with E-state index in [1.165, 1.54) is 12.3 Å². The molecule has 0 radical (unpaired) electrons. The Hall–Kier alpha value is -3.55. The van der Waals surface area contributed by atoms with E-state index in [-0.39, 0.29) is 18.8 Å². The Morgan fingerprint density at radius 1 is 1.23 bits per heavy atom. The standard InChI is InChI=1S/C18H17N3O5/c1-24-12-4-6-13(7-5-12)25-10-8-19-17(22)15-11-14(20-18(23)21-15)16-3-2-9-26-16/h2-7,9,11H,8,10H2,1H3,(H,19,22)(H,20,21,23). The second-order valence-electron chi connectivity index (χ2n) is 5.24. The third kappa shape index (κ3) is 4.29. The largest absolute Gasteiger partial charge is 0.497 e. The van der Waals surface area contributed by atoms with Gasteiger partial charge in [0.25, 0.3) is 5.91 Å². The zero-order valence-corrected chi connectivity index (χ0v) is 14.0. The molecule has 2 aromatic heterocycles. The molecular formula is C18H17N3O5. The van der Waals surface area contributed by atoms with E-state index in [9.17, 15) is 9.59 Å². The van der Waals surface area contributed by atoms with E-state index in [2.05, 4.69) is 15.3 Å². The number of aromatic nitrogens is 2. The van der Waals surface area contributed by atoms with Crippen LogP contribution in [0.15, 0.2) is 57.9 Å². The lowest BCUT2D eigenvalue weighted by atomic mass is 10.2. The highest BCUT2D eigenvalue weighted by atomic mass is 16.5. The van der Waals surface area contributed by atoms with Gasteiger partial charge in [-0.3, -0.25) is 4.79 Å². The molecule has 0 atom stereocenters. The molecule has 2 heterocycles. The average molecular weight is 355 g/mol. The topological polar surface area (TPSA) is 106 Å². The summed E-state index contributed by atoms with van der Waals surface area (Å²) in [6, 6.07) is 11.9. The lowest BCUT2D eigenvalue weighted by Gasteiger charge is -2.08. The van der Waals surface area contributed by atoms with Gasteiger partial charge in [0, 0.05) is 0 Å². The van der Waals surface area contributed by atoms with Crippen molar-refractivity contribution in [2.45, 2.75) is 0 Å². The number of aromatic amines is 1.